The lowest BCUT2D eigenvalue weighted by Crippen LogP contribution is -2.22. The number of carbonyl (C=O) groups excluding carboxylic acids is 1. The normalized spacial score (nSPS) is 16.6. The van der Waals surface area contributed by atoms with Crippen LogP contribution < -0.4 is 0 Å². The van der Waals surface area contributed by atoms with Crippen LogP contribution in [-0.2, 0) is 4.79 Å². The van der Waals surface area contributed by atoms with Crippen LogP contribution in [0, 0.1) is 0 Å². The second kappa shape index (κ2) is 7.74. The number of hydrogen-bond acceptors (Lipinski definition) is 4. The van der Waals surface area contributed by atoms with Crippen LogP contribution >= 0.6 is 55.8 Å². The smallest absolute Gasteiger partial charge is 0.266 e. The average Bonchev–Trinajstić information content (AvgIpc) is 2.79. The zero-order chi connectivity index (χ0) is 17.1. The van der Waals surface area contributed by atoms with Gasteiger partial charge in [-0.2, -0.15) is 10.1 Å². The lowest BCUT2D eigenvalue weighted by Gasteiger charge is -2.06. The number of thiocarbonyl (C=S) groups is 1. The van der Waals surface area contributed by atoms with Crippen molar-refractivity contribution in [3.05, 3.63) is 73.5 Å². The summed E-state index contributed by atoms with van der Waals surface area (Å²) in [5.41, 5.74) is 1.82. The Morgan fingerprint density at radius 3 is 2.33 bits per heavy atom. The molecule has 1 aliphatic rings. The van der Waals surface area contributed by atoms with Crippen molar-refractivity contribution in [1.29, 1.82) is 0 Å². The minimum absolute atomic E-state index is 0.212. The quantitative estimate of drug-likeness (QED) is 0.332. The summed E-state index contributed by atoms with van der Waals surface area (Å²) in [6.07, 6.45) is 3.44. The summed E-state index contributed by atoms with van der Waals surface area (Å²) in [6, 6.07) is 15.4. The third-order valence-electron chi connectivity index (χ3n) is 3.09. The summed E-state index contributed by atoms with van der Waals surface area (Å²) in [4.78, 5) is 13.1. The van der Waals surface area contributed by atoms with E-state index in [4.69, 9.17) is 12.2 Å². The largest absolute Gasteiger partial charge is 0.286 e. The Morgan fingerprint density at radius 2 is 1.67 bits per heavy atom. The SMILES string of the molecule is O=C1C(=Cc2cccc(Br)c2)SC(=S)N1N=Cc1cccc(Br)c1. The fourth-order valence-electron chi connectivity index (χ4n) is 2.02. The van der Waals surface area contributed by atoms with Crippen LogP contribution in [0.5, 0.6) is 0 Å². The molecule has 0 N–H and O–H groups in total. The van der Waals surface area contributed by atoms with Crippen LogP contribution in [0.1, 0.15) is 11.1 Å². The van der Waals surface area contributed by atoms with Gasteiger partial charge in [0.05, 0.1) is 11.1 Å². The Hall–Kier alpha value is -1.28. The molecule has 3 nitrogen and oxygen atoms in total. The van der Waals surface area contributed by atoms with E-state index in [9.17, 15) is 4.79 Å². The lowest BCUT2D eigenvalue weighted by molar-refractivity contribution is -0.122. The van der Waals surface area contributed by atoms with E-state index in [-0.39, 0.29) is 5.91 Å². The number of thioether (sulfide) groups is 1. The first kappa shape index (κ1) is 17.5. The Morgan fingerprint density at radius 1 is 1.04 bits per heavy atom. The predicted octanol–water partition coefficient (Wildman–Crippen LogP) is 5.45. The molecule has 0 radical (unpaired) electrons. The molecule has 0 unspecified atom stereocenters. The molecule has 0 atom stereocenters. The molecule has 0 saturated carbocycles. The van der Waals surface area contributed by atoms with Crippen LogP contribution in [0.3, 0.4) is 0 Å². The first-order chi connectivity index (χ1) is 11.5. The molecule has 2 aromatic carbocycles. The molecule has 1 amide bonds. The fourth-order valence-corrected chi connectivity index (χ4v) is 4.02. The third-order valence-corrected chi connectivity index (χ3v) is 5.36. The Kier molecular flexibility index (Phi) is 5.65. The van der Waals surface area contributed by atoms with E-state index < -0.39 is 0 Å². The monoisotopic (exact) mass is 480 g/mol. The summed E-state index contributed by atoms with van der Waals surface area (Å²) in [7, 11) is 0. The van der Waals surface area contributed by atoms with Crippen LogP contribution in [0.2, 0.25) is 0 Å². The number of amides is 1. The molecule has 1 aliphatic heterocycles. The molecule has 0 bridgehead atoms. The van der Waals surface area contributed by atoms with Crippen LogP contribution in [-0.4, -0.2) is 21.5 Å². The Balaban J connectivity index is 1.81. The second-order valence-electron chi connectivity index (χ2n) is 4.85. The topological polar surface area (TPSA) is 32.7 Å². The van der Waals surface area contributed by atoms with Gasteiger partial charge in [0, 0.05) is 8.95 Å². The van der Waals surface area contributed by atoms with Crippen molar-refractivity contribution in [2.75, 3.05) is 0 Å². The maximum Gasteiger partial charge on any atom is 0.286 e. The van der Waals surface area contributed by atoms with E-state index in [1.807, 2.05) is 54.6 Å². The van der Waals surface area contributed by atoms with Gasteiger partial charge < -0.3 is 0 Å². The van der Waals surface area contributed by atoms with E-state index in [1.54, 1.807) is 6.21 Å². The van der Waals surface area contributed by atoms with Crippen molar-refractivity contribution >= 4 is 78.4 Å². The van der Waals surface area contributed by atoms with Gasteiger partial charge in [0.15, 0.2) is 4.32 Å². The van der Waals surface area contributed by atoms with Crippen molar-refractivity contribution < 1.29 is 4.79 Å². The fraction of sp³-hybridized carbons (Fsp3) is 0. The van der Waals surface area contributed by atoms with Gasteiger partial charge in [0.2, 0.25) is 0 Å². The lowest BCUT2D eigenvalue weighted by atomic mass is 10.2. The van der Waals surface area contributed by atoms with Gasteiger partial charge in [-0.15, -0.1) is 0 Å². The van der Waals surface area contributed by atoms with Crippen molar-refractivity contribution in [2.24, 2.45) is 5.10 Å². The molecule has 7 heteroatoms. The summed E-state index contributed by atoms with van der Waals surface area (Å²) in [6.45, 7) is 0. The molecule has 0 spiro atoms. The molecule has 1 fully saturated rings. The third kappa shape index (κ3) is 4.22. The molecule has 0 aliphatic carbocycles. The van der Waals surface area contributed by atoms with Gasteiger partial charge in [-0.25, -0.2) is 0 Å². The highest BCUT2D eigenvalue weighted by Gasteiger charge is 2.31. The minimum atomic E-state index is -0.212. The first-order valence-electron chi connectivity index (χ1n) is 6.86. The average molecular weight is 482 g/mol. The summed E-state index contributed by atoms with van der Waals surface area (Å²) in [5, 5.41) is 5.49. The molecule has 120 valence electrons. The van der Waals surface area contributed by atoms with E-state index in [2.05, 4.69) is 37.0 Å². The Bertz CT molecular complexity index is 880. The first-order valence-corrected chi connectivity index (χ1v) is 9.67. The van der Waals surface area contributed by atoms with Gasteiger partial charge in [0.25, 0.3) is 5.91 Å². The number of benzene rings is 2. The van der Waals surface area contributed by atoms with E-state index in [1.165, 1.54) is 16.8 Å². The zero-order valence-electron chi connectivity index (χ0n) is 12.1. The summed E-state index contributed by atoms with van der Waals surface area (Å²) in [5.74, 6) is -0.212. The van der Waals surface area contributed by atoms with E-state index in [0.717, 1.165) is 20.1 Å². The van der Waals surface area contributed by atoms with Crippen molar-refractivity contribution in [2.45, 2.75) is 0 Å². The predicted molar refractivity (Wildman–Crippen MR) is 111 cm³/mol. The van der Waals surface area contributed by atoms with Crippen LogP contribution in [0.25, 0.3) is 6.08 Å². The standard InChI is InChI=1S/C17H10Br2N2OS2/c18-13-5-1-3-11(7-13)9-15-16(22)21(17(23)24-15)20-10-12-4-2-6-14(19)8-12/h1-10H. The number of nitrogens with zero attached hydrogens (tertiary/aromatic N) is 2. The van der Waals surface area contributed by atoms with Crippen LogP contribution in [0.4, 0.5) is 0 Å². The minimum Gasteiger partial charge on any atom is -0.266 e. The molecule has 24 heavy (non-hydrogen) atoms. The van der Waals surface area contributed by atoms with Crippen molar-refractivity contribution in [1.82, 2.24) is 5.01 Å². The zero-order valence-corrected chi connectivity index (χ0v) is 17.0. The van der Waals surface area contributed by atoms with Crippen molar-refractivity contribution in [3.8, 4) is 0 Å². The highest BCUT2D eigenvalue weighted by molar-refractivity contribution is 9.10. The van der Waals surface area contributed by atoms with Gasteiger partial charge in [-0.05, 0) is 53.7 Å². The second-order valence-corrected chi connectivity index (χ2v) is 8.36. The highest BCUT2D eigenvalue weighted by Crippen LogP contribution is 2.33. The molecular formula is C17H10Br2N2OS2. The maximum atomic E-state index is 12.5. The highest BCUT2D eigenvalue weighted by atomic mass is 79.9. The molecule has 3 rings (SSSR count). The number of carbonyl (C=O) groups is 1. The Labute approximate surface area is 166 Å². The number of hydrazone groups is 1. The van der Waals surface area contributed by atoms with Crippen LogP contribution in [0.15, 0.2) is 67.5 Å². The van der Waals surface area contributed by atoms with Gasteiger partial charge in [-0.1, -0.05) is 67.9 Å². The molecular weight excluding hydrogens is 472 g/mol. The van der Waals surface area contributed by atoms with Crippen molar-refractivity contribution in [3.63, 3.8) is 0 Å². The summed E-state index contributed by atoms with van der Waals surface area (Å²) < 4.78 is 2.33. The molecule has 0 aromatic heterocycles. The number of hydrogen-bond donors (Lipinski definition) is 0. The van der Waals surface area contributed by atoms with Gasteiger partial charge >= 0.3 is 0 Å². The summed E-state index contributed by atoms with van der Waals surface area (Å²) >= 11 is 13.4. The van der Waals surface area contributed by atoms with Gasteiger partial charge in [0.1, 0.15) is 0 Å². The molecule has 2 aromatic rings. The van der Waals surface area contributed by atoms with E-state index in [0.29, 0.717) is 9.23 Å². The molecule has 1 saturated heterocycles. The molecule has 1 heterocycles. The number of rotatable bonds is 3. The maximum absolute atomic E-state index is 12.5. The van der Waals surface area contributed by atoms with Gasteiger partial charge in [-0.3, -0.25) is 4.79 Å². The van der Waals surface area contributed by atoms with E-state index >= 15 is 0 Å². The number of halogens is 2.